The Morgan fingerprint density at radius 1 is 1.27 bits per heavy atom. The molecule has 0 radical (unpaired) electrons. The summed E-state index contributed by atoms with van der Waals surface area (Å²) in [5.41, 5.74) is 0.445. The Morgan fingerprint density at radius 2 is 1.91 bits per heavy atom. The lowest BCUT2D eigenvalue weighted by atomic mass is 10.0. The molecule has 0 aromatic heterocycles. The molecule has 1 heterocycles. The van der Waals surface area contributed by atoms with Gasteiger partial charge in [0.25, 0.3) is 0 Å². The zero-order chi connectivity index (χ0) is 16.4. The molecule has 2 rings (SSSR count). The van der Waals surface area contributed by atoms with Gasteiger partial charge in [-0.05, 0) is 24.4 Å². The number of benzene rings is 1. The Bertz CT molecular complexity index is 549. The van der Waals surface area contributed by atoms with Crippen LogP contribution in [-0.4, -0.2) is 67.8 Å². The molecular formula is C13H17ClN2O5S. The van der Waals surface area contributed by atoms with Gasteiger partial charge in [0.05, 0.1) is 17.3 Å². The quantitative estimate of drug-likeness (QED) is 0.367. The second-order valence-electron chi connectivity index (χ2n) is 4.94. The molecule has 1 aliphatic rings. The fraction of sp³-hybridized carbons (Fsp3) is 0.462. The number of rotatable bonds is 5. The van der Waals surface area contributed by atoms with Gasteiger partial charge in [-0.2, -0.15) is 0 Å². The normalized spacial score (nSPS) is 25.7. The zero-order valence-corrected chi connectivity index (χ0v) is 12.9. The van der Waals surface area contributed by atoms with Crippen LogP contribution in [0.5, 0.6) is 0 Å². The Labute approximate surface area is 137 Å². The summed E-state index contributed by atoms with van der Waals surface area (Å²) in [6, 6.07) is 5.65. The summed E-state index contributed by atoms with van der Waals surface area (Å²) in [5.74, 6) is 0. The van der Waals surface area contributed by atoms with Crippen LogP contribution in [0.4, 0.5) is 5.69 Å². The monoisotopic (exact) mass is 348 g/mol. The molecule has 0 saturated carbocycles. The zero-order valence-electron chi connectivity index (χ0n) is 11.4. The number of hydrogen-bond donors (Lipinski definition) is 6. The van der Waals surface area contributed by atoms with Gasteiger partial charge in [0.2, 0.25) is 0 Å². The smallest absolute Gasteiger partial charge is 0.176 e. The molecule has 1 saturated heterocycles. The van der Waals surface area contributed by atoms with Gasteiger partial charge in [-0.15, -0.1) is 0 Å². The molecule has 9 heteroatoms. The second kappa shape index (κ2) is 7.05. The lowest BCUT2D eigenvalue weighted by molar-refractivity contribution is -0.0946. The minimum Gasteiger partial charge on any atom is -0.394 e. The van der Waals surface area contributed by atoms with Gasteiger partial charge >= 0.3 is 0 Å². The van der Waals surface area contributed by atoms with Gasteiger partial charge in [-0.1, -0.05) is 23.7 Å². The highest BCUT2D eigenvalue weighted by atomic mass is 35.5. The number of para-hydroxylation sites is 1. The molecule has 5 atom stereocenters. The van der Waals surface area contributed by atoms with Gasteiger partial charge in [0.15, 0.2) is 11.3 Å². The first-order valence-electron chi connectivity index (χ1n) is 6.56. The van der Waals surface area contributed by atoms with Crippen molar-refractivity contribution < 1.29 is 25.5 Å². The van der Waals surface area contributed by atoms with E-state index in [0.29, 0.717) is 10.7 Å². The Morgan fingerprint density at radius 3 is 2.50 bits per heavy atom. The van der Waals surface area contributed by atoms with E-state index in [1.54, 1.807) is 24.3 Å². The Balaban J connectivity index is 2.22. The third-order valence-electron chi connectivity index (χ3n) is 3.51. The molecule has 6 N–H and O–H groups in total. The largest absolute Gasteiger partial charge is 0.394 e. The van der Waals surface area contributed by atoms with Crippen LogP contribution in [0.15, 0.2) is 24.3 Å². The number of anilines is 1. The summed E-state index contributed by atoms with van der Waals surface area (Å²) in [6.07, 6.45) is -6.04. The number of thiocarbonyl (C=S) groups is 1. The van der Waals surface area contributed by atoms with Crippen molar-refractivity contribution in [1.29, 1.82) is 0 Å². The number of nitrogens with one attached hydrogen (secondary N) is 1. The van der Waals surface area contributed by atoms with Gasteiger partial charge in [0.1, 0.15) is 24.4 Å². The average molecular weight is 349 g/mol. The lowest BCUT2D eigenvalue weighted by Crippen LogP contribution is -2.53. The van der Waals surface area contributed by atoms with Crippen molar-refractivity contribution in [2.24, 2.45) is 0 Å². The van der Waals surface area contributed by atoms with Gasteiger partial charge in [-0.25, -0.2) is 0 Å². The lowest BCUT2D eigenvalue weighted by Gasteiger charge is -2.29. The Hall–Kier alpha value is -1.00. The van der Waals surface area contributed by atoms with E-state index in [1.807, 2.05) is 0 Å². The van der Waals surface area contributed by atoms with E-state index in [-0.39, 0.29) is 5.11 Å². The predicted molar refractivity (Wildman–Crippen MR) is 84.6 cm³/mol. The summed E-state index contributed by atoms with van der Waals surface area (Å²) in [6.45, 7) is -0.723. The van der Waals surface area contributed by atoms with Crippen LogP contribution in [-0.2, 0) is 0 Å². The molecule has 0 amide bonds. The summed E-state index contributed by atoms with van der Waals surface area (Å²) in [7, 11) is 0. The number of halogens is 1. The first-order chi connectivity index (χ1) is 10.4. The van der Waals surface area contributed by atoms with E-state index in [4.69, 9.17) is 28.9 Å². The minimum absolute atomic E-state index is 0.121. The maximum atomic E-state index is 10.4. The first kappa shape index (κ1) is 17.4. The molecule has 0 spiro atoms. The molecule has 1 aromatic carbocycles. The summed E-state index contributed by atoms with van der Waals surface area (Å²) >= 11 is 11.2. The van der Waals surface area contributed by atoms with E-state index < -0.39 is 37.2 Å². The van der Waals surface area contributed by atoms with Crippen LogP contribution >= 0.6 is 23.8 Å². The van der Waals surface area contributed by atoms with Crippen LogP contribution in [0.2, 0.25) is 5.02 Å². The van der Waals surface area contributed by atoms with Crippen LogP contribution < -0.4 is 10.2 Å². The van der Waals surface area contributed by atoms with E-state index in [0.717, 1.165) is 0 Å². The fourth-order valence-corrected chi connectivity index (χ4v) is 2.85. The van der Waals surface area contributed by atoms with E-state index in [2.05, 4.69) is 5.32 Å². The number of nitrogens with zero attached hydrogens (tertiary/aromatic N) is 1. The topological polar surface area (TPSA) is 116 Å². The van der Waals surface area contributed by atoms with Crippen molar-refractivity contribution in [1.82, 2.24) is 5.32 Å². The highest BCUT2D eigenvalue weighted by Gasteiger charge is 2.44. The molecule has 1 fully saturated rings. The predicted octanol–water partition coefficient (Wildman–Crippen LogP) is -1.20. The maximum absolute atomic E-state index is 10.4. The number of aliphatic hydroxyl groups excluding tert-OH is 5. The number of aliphatic hydroxyl groups is 5. The van der Waals surface area contributed by atoms with Crippen LogP contribution in [0, 0.1) is 0 Å². The molecule has 0 bridgehead atoms. The van der Waals surface area contributed by atoms with Gasteiger partial charge < -0.3 is 30.8 Å². The number of hydrogen-bond acceptors (Lipinski definition) is 6. The van der Waals surface area contributed by atoms with Crippen molar-refractivity contribution in [2.75, 3.05) is 11.5 Å². The van der Waals surface area contributed by atoms with Crippen LogP contribution in [0.3, 0.4) is 0 Å². The third-order valence-corrected chi connectivity index (χ3v) is 4.14. The molecule has 0 aliphatic carbocycles. The van der Waals surface area contributed by atoms with Crippen LogP contribution in [0.25, 0.3) is 0 Å². The molecule has 22 heavy (non-hydrogen) atoms. The molecule has 0 unspecified atom stereocenters. The van der Waals surface area contributed by atoms with Crippen molar-refractivity contribution in [3.63, 3.8) is 0 Å². The SMILES string of the molecule is OC[C@@H](O)[C@@H](O)[C@H](O)[C@H]1NC(=S)N(c2ccccc2Cl)[C@H]1O. The van der Waals surface area contributed by atoms with Crippen molar-refractivity contribution in [2.45, 2.75) is 30.6 Å². The fourth-order valence-electron chi connectivity index (χ4n) is 2.28. The molecule has 1 aliphatic heterocycles. The van der Waals surface area contributed by atoms with E-state index in [9.17, 15) is 20.4 Å². The summed E-state index contributed by atoms with van der Waals surface area (Å²) < 4.78 is 0. The van der Waals surface area contributed by atoms with Gasteiger partial charge in [-0.3, -0.25) is 4.90 Å². The Kier molecular flexibility index (Phi) is 5.56. The standard InChI is InChI=1S/C13H17ClN2O5S/c14-6-3-1-2-4-7(6)16-12(21)9(15-13(16)22)11(20)10(19)8(18)5-17/h1-4,8-12,17-21H,5H2,(H,15,22)/t8-,9-,10-,11-,12+/m1/s1. The maximum Gasteiger partial charge on any atom is 0.176 e. The molecule has 1 aromatic rings. The molecular weight excluding hydrogens is 332 g/mol. The summed E-state index contributed by atoms with van der Waals surface area (Å²) in [4.78, 5) is 1.31. The highest BCUT2D eigenvalue weighted by Crippen LogP contribution is 2.30. The highest BCUT2D eigenvalue weighted by molar-refractivity contribution is 7.80. The third kappa shape index (κ3) is 3.18. The van der Waals surface area contributed by atoms with Gasteiger partial charge in [0, 0.05) is 0 Å². The minimum atomic E-state index is -1.65. The first-order valence-corrected chi connectivity index (χ1v) is 7.34. The summed E-state index contributed by atoms with van der Waals surface area (Å²) in [5, 5.41) is 51.6. The van der Waals surface area contributed by atoms with Crippen molar-refractivity contribution >= 4 is 34.6 Å². The van der Waals surface area contributed by atoms with E-state index >= 15 is 0 Å². The molecule has 7 nitrogen and oxygen atoms in total. The molecule has 122 valence electrons. The van der Waals surface area contributed by atoms with E-state index in [1.165, 1.54) is 4.90 Å². The van der Waals surface area contributed by atoms with Crippen molar-refractivity contribution in [3.05, 3.63) is 29.3 Å². The second-order valence-corrected chi connectivity index (χ2v) is 5.74. The van der Waals surface area contributed by atoms with Crippen LogP contribution in [0.1, 0.15) is 0 Å². The van der Waals surface area contributed by atoms with Crippen molar-refractivity contribution in [3.8, 4) is 0 Å². The average Bonchev–Trinajstić information content (AvgIpc) is 2.80.